The Bertz CT molecular complexity index is 706. The van der Waals surface area contributed by atoms with Crippen LogP contribution in [0.4, 0.5) is 5.69 Å². The van der Waals surface area contributed by atoms with Gasteiger partial charge in [0.25, 0.3) is 0 Å². The van der Waals surface area contributed by atoms with Crippen LogP contribution in [-0.4, -0.2) is 35.9 Å². The zero-order chi connectivity index (χ0) is 17.0. The monoisotopic (exact) mass is 384 g/mol. The minimum Gasteiger partial charge on any atom is -0.381 e. The molecule has 1 saturated heterocycles. The molecule has 1 fully saturated rings. The minimum absolute atomic E-state index is 0.0751. The van der Waals surface area contributed by atoms with E-state index in [2.05, 4.69) is 15.5 Å². The number of aromatic nitrogens is 2. The molecule has 6 nitrogen and oxygen atoms in total. The summed E-state index contributed by atoms with van der Waals surface area (Å²) in [6, 6.07) is 5.44. The van der Waals surface area contributed by atoms with Crippen molar-refractivity contribution in [3.05, 3.63) is 28.7 Å². The molecule has 0 radical (unpaired) electrons. The summed E-state index contributed by atoms with van der Waals surface area (Å²) < 4.78 is 6.16. The fraction of sp³-hybridized carbons (Fsp3) is 0.400. The van der Waals surface area contributed by atoms with Crippen LogP contribution in [0, 0.1) is 5.41 Å². The van der Waals surface area contributed by atoms with Crippen molar-refractivity contribution in [3.8, 4) is 0 Å². The Balaban J connectivity index is 1.71. The van der Waals surface area contributed by atoms with Gasteiger partial charge in [-0.15, -0.1) is 10.2 Å². The van der Waals surface area contributed by atoms with Crippen LogP contribution in [-0.2, 0) is 9.53 Å². The number of carbonyl (C=O) groups excluding carboxylic acids is 1. The van der Waals surface area contributed by atoms with E-state index >= 15 is 0 Å². The van der Waals surface area contributed by atoms with Crippen molar-refractivity contribution in [1.29, 1.82) is 0 Å². The fourth-order valence-electron chi connectivity index (χ4n) is 2.51. The Labute approximate surface area is 153 Å². The van der Waals surface area contributed by atoms with Crippen molar-refractivity contribution in [2.45, 2.75) is 22.1 Å². The molecular weight excluding hydrogens is 368 g/mol. The second kappa shape index (κ2) is 7.79. The summed E-state index contributed by atoms with van der Waals surface area (Å²) in [5.41, 5.74) is 7.63. The summed E-state index contributed by atoms with van der Waals surface area (Å²) in [6.07, 6.45) is 1.27. The third kappa shape index (κ3) is 3.89. The Hall–Kier alpha value is -1.19. The fourth-order valence-corrected chi connectivity index (χ4v) is 4.25. The van der Waals surface area contributed by atoms with Gasteiger partial charge in [-0.2, -0.15) is 0 Å². The van der Waals surface area contributed by atoms with Gasteiger partial charge in [0.15, 0.2) is 4.34 Å². The topological polar surface area (TPSA) is 90.1 Å². The predicted molar refractivity (Wildman–Crippen MR) is 95.7 cm³/mol. The van der Waals surface area contributed by atoms with Gasteiger partial charge in [-0.25, -0.2) is 0 Å². The molecule has 24 heavy (non-hydrogen) atoms. The third-order valence-corrected chi connectivity index (χ3v) is 6.33. The number of carbonyl (C=O) groups is 1. The minimum atomic E-state index is -0.565. The molecule has 2 heterocycles. The number of benzene rings is 1. The highest BCUT2D eigenvalue weighted by molar-refractivity contribution is 8.01. The van der Waals surface area contributed by atoms with E-state index in [9.17, 15) is 4.79 Å². The first-order valence-corrected chi connectivity index (χ1v) is 9.53. The number of amides is 1. The van der Waals surface area contributed by atoms with Gasteiger partial charge in [-0.05, 0) is 31.0 Å². The summed E-state index contributed by atoms with van der Waals surface area (Å²) in [5.74, 6) is -0.0751. The Morgan fingerprint density at radius 1 is 1.46 bits per heavy atom. The molecule has 3 N–H and O–H groups in total. The maximum atomic E-state index is 12.7. The number of halogens is 1. The highest BCUT2D eigenvalue weighted by Gasteiger charge is 2.38. The van der Waals surface area contributed by atoms with E-state index in [1.807, 2.05) is 12.1 Å². The first kappa shape index (κ1) is 17.6. The second-order valence-electron chi connectivity index (χ2n) is 5.50. The molecule has 1 aliphatic heterocycles. The van der Waals surface area contributed by atoms with E-state index in [0.29, 0.717) is 43.3 Å². The molecule has 1 aromatic heterocycles. The molecule has 0 atom stereocenters. The average molecular weight is 385 g/mol. The number of ether oxygens (including phenoxy) is 1. The van der Waals surface area contributed by atoms with Crippen LogP contribution in [0.1, 0.15) is 12.8 Å². The van der Waals surface area contributed by atoms with Crippen molar-refractivity contribution in [1.82, 2.24) is 10.2 Å². The molecule has 128 valence electrons. The summed E-state index contributed by atoms with van der Waals surface area (Å²) in [7, 11) is 0. The van der Waals surface area contributed by atoms with Crippen LogP contribution in [0.25, 0.3) is 0 Å². The number of nitrogens with one attached hydrogen (secondary N) is 1. The molecule has 0 bridgehead atoms. The van der Waals surface area contributed by atoms with E-state index < -0.39 is 5.41 Å². The smallest absolute Gasteiger partial charge is 0.232 e. The first-order valence-electron chi connectivity index (χ1n) is 7.46. The van der Waals surface area contributed by atoms with Crippen LogP contribution in [0.5, 0.6) is 0 Å². The van der Waals surface area contributed by atoms with Gasteiger partial charge in [0.1, 0.15) is 5.51 Å². The van der Waals surface area contributed by atoms with Crippen molar-refractivity contribution in [2.75, 3.05) is 25.1 Å². The number of rotatable bonds is 5. The number of nitrogens with two attached hydrogens (primary N) is 1. The SMILES string of the molecule is NCC1(C(=O)Nc2ccc(Sc3nncs3)c(Cl)c2)CCOCC1. The molecule has 1 aromatic carbocycles. The summed E-state index contributed by atoms with van der Waals surface area (Å²) in [4.78, 5) is 13.5. The van der Waals surface area contributed by atoms with E-state index in [1.54, 1.807) is 11.6 Å². The lowest BCUT2D eigenvalue weighted by molar-refractivity contribution is -0.130. The highest BCUT2D eigenvalue weighted by atomic mass is 35.5. The van der Waals surface area contributed by atoms with Gasteiger partial charge in [0.05, 0.1) is 10.4 Å². The van der Waals surface area contributed by atoms with Crippen molar-refractivity contribution >= 4 is 46.3 Å². The maximum Gasteiger partial charge on any atom is 0.232 e. The largest absolute Gasteiger partial charge is 0.381 e. The van der Waals surface area contributed by atoms with Gasteiger partial charge in [0, 0.05) is 30.3 Å². The molecular formula is C15H17ClN4O2S2. The van der Waals surface area contributed by atoms with Gasteiger partial charge in [-0.1, -0.05) is 34.7 Å². The maximum absolute atomic E-state index is 12.7. The van der Waals surface area contributed by atoms with Gasteiger partial charge in [-0.3, -0.25) is 4.79 Å². The summed E-state index contributed by atoms with van der Waals surface area (Å²) >= 11 is 9.22. The van der Waals surface area contributed by atoms with E-state index in [-0.39, 0.29) is 5.91 Å². The highest BCUT2D eigenvalue weighted by Crippen LogP contribution is 2.36. The molecule has 1 amide bonds. The van der Waals surface area contributed by atoms with Crippen LogP contribution in [0.2, 0.25) is 5.02 Å². The van der Waals surface area contributed by atoms with Crippen molar-refractivity contribution in [2.24, 2.45) is 11.1 Å². The van der Waals surface area contributed by atoms with E-state index in [1.165, 1.54) is 23.1 Å². The molecule has 2 aromatic rings. The normalized spacial score (nSPS) is 16.8. The summed E-state index contributed by atoms with van der Waals surface area (Å²) in [6.45, 7) is 1.42. The first-order chi connectivity index (χ1) is 11.6. The van der Waals surface area contributed by atoms with E-state index in [4.69, 9.17) is 22.1 Å². The molecule has 9 heteroatoms. The number of hydrogen-bond acceptors (Lipinski definition) is 7. The molecule has 0 spiro atoms. The lowest BCUT2D eigenvalue weighted by Gasteiger charge is -2.34. The Kier molecular flexibility index (Phi) is 5.72. The molecule has 0 saturated carbocycles. The van der Waals surface area contributed by atoms with Crippen molar-refractivity contribution < 1.29 is 9.53 Å². The predicted octanol–water partition coefficient (Wildman–Crippen LogP) is 3.04. The molecule has 0 aliphatic carbocycles. The quantitative estimate of drug-likeness (QED) is 0.823. The van der Waals surface area contributed by atoms with Gasteiger partial charge in [0.2, 0.25) is 5.91 Å². The lowest BCUT2D eigenvalue weighted by Crippen LogP contribution is -2.46. The number of hydrogen-bond donors (Lipinski definition) is 2. The van der Waals surface area contributed by atoms with E-state index in [0.717, 1.165) is 9.24 Å². The molecule has 1 aliphatic rings. The number of anilines is 1. The van der Waals surface area contributed by atoms with Gasteiger partial charge < -0.3 is 15.8 Å². The molecule has 3 rings (SSSR count). The third-order valence-electron chi connectivity index (χ3n) is 4.05. The summed E-state index contributed by atoms with van der Waals surface area (Å²) in [5, 5.41) is 11.3. The van der Waals surface area contributed by atoms with Gasteiger partial charge >= 0.3 is 0 Å². The zero-order valence-corrected chi connectivity index (χ0v) is 15.2. The Morgan fingerprint density at radius 3 is 2.88 bits per heavy atom. The number of nitrogens with zero attached hydrogens (tertiary/aromatic N) is 2. The standard InChI is InChI=1S/C15H17ClN4O2S2/c16-11-7-10(1-2-12(11)24-14-20-18-9-23-14)19-13(21)15(8-17)3-5-22-6-4-15/h1-2,7,9H,3-6,8,17H2,(H,19,21). The van der Waals surface area contributed by atoms with Crippen LogP contribution in [0.3, 0.4) is 0 Å². The average Bonchev–Trinajstić information content (AvgIpc) is 3.11. The van der Waals surface area contributed by atoms with Crippen LogP contribution in [0.15, 0.2) is 32.9 Å². The zero-order valence-electron chi connectivity index (χ0n) is 12.8. The van der Waals surface area contributed by atoms with Crippen LogP contribution < -0.4 is 11.1 Å². The van der Waals surface area contributed by atoms with Crippen LogP contribution >= 0.6 is 34.7 Å². The Morgan fingerprint density at radius 2 is 2.25 bits per heavy atom. The van der Waals surface area contributed by atoms with Crippen molar-refractivity contribution in [3.63, 3.8) is 0 Å². The lowest BCUT2D eigenvalue weighted by atomic mass is 9.79. The molecule has 0 unspecified atom stereocenters. The second-order valence-corrected chi connectivity index (χ2v) is 8.03.